The van der Waals surface area contributed by atoms with Gasteiger partial charge in [-0.15, -0.1) is 0 Å². The molecular formula is C28H37NO6. The van der Waals surface area contributed by atoms with E-state index in [0.29, 0.717) is 17.7 Å². The molecule has 0 saturated heterocycles. The van der Waals surface area contributed by atoms with Crippen molar-refractivity contribution in [1.82, 2.24) is 5.32 Å². The summed E-state index contributed by atoms with van der Waals surface area (Å²) in [5.41, 5.74) is 0.107. The lowest BCUT2D eigenvalue weighted by Crippen LogP contribution is -2.30. The number of carboxylic acid groups (broad SMARTS) is 1. The maximum absolute atomic E-state index is 12.3. The summed E-state index contributed by atoms with van der Waals surface area (Å²) in [7, 11) is 0. The molecule has 0 saturated carbocycles. The topological polar surface area (TPSA) is 113 Å². The van der Waals surface area contributed by atoms with E-state index in [2.05, 4.69) is 12.2 Å². The lowest BCUT2D eigenvalue weighted by Gasteiger charge is -2.08. The number of carbonyl (C=O) groups excluding carboxylic acids is 2. The monoisotopic (exact) mass is 483 g/mol. The third-order valence-electron chi connectivity index (χ3n) is 5.81. The molecule has 0 spiro atoms. The van der Waals surface area contributed by atoms with E-state index in [0.717, 1.165) is 19.3 Å². The van der Waals surface area contributed by atoms with Crippen LogP contribution in [0.4, 0.5) is 0 Å². The van der Waals surface area contributed by atoms with E-state index in [4.69, 9.17) is 9.84 Å². The molecule has 0 radical (unpaired) electrons. The highest BCUT2D eigenvalue weighted by Gasteiger charge is 2.12. The van der Waals surface area contributed by atoms with Gasteiger partial charge in [-0.25, -0.2) is 4.79 Å². The van der Waals surface area contributed by atoms with Crippen molar-refractivity contribution < 1.29 is 29.3 Å². The number of imide groups is 1. The highest BCUT2D eigenvalue weighted by molar-refractivity contribution is 6.04. The highest BCUT2D eigenvalue weighted by Crippen LogP contribution is 2.28. The van der Waals surface area contributed by atoms with Crippen molar-refractivity contribution in [3.05, 3.63) is 53.6 Å². The molecule has 7 nitrogen and oxygen atoms in total. The molecule has 2 aromatic rings. The first-order valence-electron chi connectivity index (χ1n) is 12.6. The first kappa shape index (κ1) is 27.9. The Morgan fingerprint density at radius 3 is 1.86 bits per heavy atom. The Morgan fingerprint density at radius 1 is 0.771 bits per heavy atom. The van der Waals surface area contributed by atoms with Gasteiger partial charge in [0.05, 0.1) is 0 Å². The van der Waals surface area contributed by atoms with Crippen LogP contribution in [0.1, 0.15) is 105 Å². The van der Waals surface area contributed by atoms with Crippen LogP contribution in [0, 0.1) is 0 Å². The summed E-state index contributed by atoms with van der Waals surface area (Å²) in [4.78, 5) is 35.4. The third-order valence-corrected chi connectivity index (χ3v) is 5.81. The Hall–Kier alpha value is -3.35. The molecule has 0 aliphatic carbocycles. The van der Waals surface area contributed by atoms with Gasteiger partial charge in [-0.3, -0.25) is 14.9 Å². The normalized spacial score (nSPS) is 10.7. The van der Waals surface area contributed by atoms with E-state index >= 15 is 0 Å². The van der Waals surface area contributed by atoms with Gasteiger partial charge in [-0.2, -0.15) is 0 Å². The minimum Gasteiger partial charge on any atom is -0.507 e. The van der Waals surface area contributed by atoms with Crippen molar-refractivity contribution >= 4 is 17.8 Å². The minimum atomic E-state index is -1.23. The largest absolute Gasteiger partial charge is 0.507 e. The van der Waals surface area contributed by atoms with Gasteiger partial charge in [0.1, 0.15) is 22.8 Å². The number of phenols is 1. The van der Waals surface area contributed by atoms with Gasteiger partial charge in [-0.1, -0.05) is 71.1 Å². The Morgan fingerprint density at radius 2 is 1.31 bits per heavy atom. The number of carboxylic acids is 1. The van der Waals surface area contributed by atoms with Crippen molar-refractivity contribution in [2.24, 2.45) is 0 Å². The summed E-state index contributed by atoms with van der Waals surface area (Å²) in [6.07, 6.45) is 13.6. The number of benzene rings is 2. The summed E-state index contributed by atoms with van der Waals surface area (Å²) < 4.78 is 5.58. The van der Waals surface area contributed by atoms with E-state index in [1.54, 1.807) is 12.1 Å². The van der Waals surface area contributed by atoms with Gasteiger partial charge in [0.25, 0.3) is 5.91 Å². The molecule has 190 valence electrons. The van der Waals surface area contributed by atoms with Crippen LogP contribution in [0.25, 0.3) is 0 Å². The van der Waals surface area contributed by atoms with Gasteiger partial charge < -0.3 is 14.9 Å². The molecule has 0 fully saturated rings. The van der Waals surface area contributed by atoms with E-state index in [1.165, 1.54) is 81.7 Å². The van der Waals surface area contributed by atoms with Gasteiger partial charge >= 0.3 is 5.97 Å². The summed E-state index contributed by atoms with van der Waals surface area (Å²) in [6, 6.07) is 10.1. The molecule has 0 atom stereocenters. The number of amides is 2. The second kappa shape index (κ2) is 15.5. The second-order valence-corrected chi connectivity index (χ2v) is 8.77. The Bertz CT molecular complexity index is 954. The number of carbonyl (C=O) groups is 3. The van der Waals surface area contributed by atoms with Crippen LogP contribution in [-0.4, -0.2) is 28.0 Å². The first-order valence-corrected chi connectivity index (χ1v) is 12.6. The summed E-state index contributed by atoms with van der Waals surface area (Å²) >= 11 is 0. The van der Waals surface area contributed by atoms with Crippen LogP contribution >= 0.6 is 0 Å². The molecule has 0 bridgehead atoms. The van der Waals surface area contributed by atoms with Crippen LogP contribution in [0.3, 0.4) is 0 Å². The van der Waals surface area contributed by atoms with Gasteiger partial charge in [0.2, 0.25) is 5.91 Å². The predicted molar refractivity (Wildman–Crippen MR) is 135 cm³/mol. The van der Waals surface area contributed by atoms with E-state index in [9.17, 15) is 19.5 Å². The molecule has 0 aromatic heterocycles. The predicted octanol–water partition coefficient (Wildman–Crippen LogP) is 6.84. The highest BCUT2D eigenvalue weighted by atomic mass is 16.5. The fourth-order valence-electron chi connectivity index (χ4n) is 3.78. The fourth-order valence-corrected chi connectivity index (χ4v) is 3.78. The molecule has 0 aliphatic rings. The zero-order chi connectivity index (χ0) is 25.5. The average Bonchev–Trinajstić information content (AvgIpc) is 2.82. The summed E-state index contributed by atoms with van der Waals surface area (Å²) in [5.74, 6) is -1.72. The Balaban J connectivity index is 1.64. The lowest BCUT2D eigenvalue weighted by atomic mass is 10.1. The van der Waals surface area contributed by atoms with E-state index in [1.807, 2.05) is 0 Å². The smallest absolute Gasteiger partial charge is 0.339 e. The number of aromatic hydroxyl groups is 1. The van der Waals surface area contributed by atoms with Crippen LogP contribution in [0.15, 0.2) is 42.5 Å². The van der Waals surface area contributed by atoms with Gasteiger partial charge in [0, 0.05) is 18.1 Å². The second-order valence-electron chi connectivity index (χ2n) is 8.77. The first-order chi connectivity index (χ1) is 16.9. The number of rotatable bonds is 16. The van der Waals surface area contributed by atoms with Crippen molar-refractivity contribution in [1.29, 1.82) is 0 Å². The van der Waals surface area contributed by atoms with Crippen LogP contribution < -0.4 is 10.1 Å². The molecule has 3 N–H and O–H groups in total. The Kier molecular flexibility index (Phi) is 12.4. The maximum atomic E-state index is 12.3. The summed E-state index contributed by atoms with van der Waals surface area (Å²) in [5, 5.41) is 21.1. The molecular weight excluding hydrogens is 446 g/mol. The van der Waals surface area contributed by atoms with Crippen molar-refractivity contribution in [2.45, 2.75) is 84.0 Å². The zero-order valence-corrected chi connectivity index (χ0v) is 20.6. The molecule has 2 rings (SSSR count). The van der Waals surface area contributed by atoms with Crippen LogP contribution in [0.2, 0.25) is 0 Å². The van der Waals surface area contributed by atoms with Gasteiger partial charge in [-0.05, 0) is 42.8 Å². The quantitative estimate of drug-likeness (QED) is 0.225. The third kappa shape index (κ3) is 10.6. The lowest BCUT2D eigenvalue weighted by molar-refractivity contribution is -0.120. The number of ether oxygens (including phenoxy) is 1. The molecule has 0 unspecified atom stereocenters. The fraction of sp³-hybridized carbons (Fsp3) is 0.464. The molecule has 7 heteroatoms. The number of nitrogens with one attached hydrogen (secondary N) is 1. The number of aromatic carboxylic acids is 1. The maximum Gasteiger partial charge on any atom is 0.339 e. The standard InChI is InChI=1S/C28H37NO6/c1-2-3-4-5-6-7-8-9-10-11-12-13-26(31)29-27(32)21-14-16-22(17-15-21)35-23-18-19-24(28(33)34)25(30)20-23/h14-20,30H,2-13H2,1H3,(H,33,34)(H,29,31,32). The number of hydrogen-bond donors (Lipinski definition) is 3. The summed E-state index contributed by atoms with van der Waals surface area (Å²) in [6.45, 7) is 2.23. The molecule has 2 amide bonds. The number of unbranched alkanes of at least 4 members (excludes halogenated alkanes) is 10. The molecule has 35 heavy (non-hydrogen) atoms. The van der Waals surface area contributed by atoms with E-state index in [-0.39, 0.29) is 17.2 Å². The number of hydrogen-bond acceptors (Lipinski definition) is 5. The van der Waals surface area contributed by atoms with Crippen LogP contribution in [-0.2, 0) is 4.79 Å². The zero-order valence-electron chi connectivity index (χ0n) is 20.6. The van der Waals surface area contributed by atoms with Crippen molar-refractivity contribution in [3.8, 4) is 17.2 Å². The molecule has 0 aliphatic heterocycles. The Labute approximate surface area is 207 Å². The average molecular weight is 484 g/mol. The SMILES string of the molecule is CCCCCCCCCCCCCC(=O)NC(=O)c1ccc(Oc2ccc(C(=O)O)c(O)c2)cc1. The molecule has 0 heterocycles. The molecule has 2 aromatic carbocycles. The van der Waals surface area contributed by atoms with Gasteiger partial charge in [0.15, 0.2) is 0 Å². The minimum absolute atomic E-state index is 0.220. The van der Waals surface area contributed by atoms with E-state index < -0.39 is 17.6 Å². The van der Waals surface area contributed by atoms with Crippen molar-refractivity contribution in [3.63, 3.8) is 0 Å². The van der Waals surface area contributed by atoms with Crippen LogP contribution in [0.5, 0.6) is 17.2 Å². The van der Waals surface area contributed by atoms with Crippen molar-refractivity contribution in [2.75, 3.05) is 0 Å².